The van der Waals surface area contributed by atoms with Gasteiger partial charge in [0, 0.05) is 100.0 Å². The molecular weight excluding hydrogens is 1060 g/mol. The van der Waals surface area contributed by atoms with Crippen LogP contribution >= 0.6 is 0 Å². The Bertz CT molecular complexity index is 1750. The Morgan fingerprint density at radius 2 is 0.942 bits per heavy atom. The Hall–Kier alpha value is -3.10. The molecule has 512 valence electrons. The number of carbonyl (C=O) groups excluding carboxylic acids is 2. The fourth-order valence-corrected chi connectivity index (χ4v) is 11.8. The third-order valence-corrected chi connectivity index (χ3v) is 16.9. The van der Waals surface area contributed by atoms with Gasteiger partial charge in [-0.25, -0.2) is 0 Å². The van der Waals surface area contributed by atoms with E-state index in [-0.39, 0.29) is 61.9 Å². The number of nitrogens with zero attached hydrogens (tertiary/aromatic N) is 6. The predicted octanol–water partition coefficient (Wildman–Crippen LogP) is 16.6. The number of amides is 2. The summed E-state index contributed by atoms with van der Waals surface area (Å²) in [7, 11) is 0. The number of carbonyl (C=O) groups is 2. The quantitative estimate of drug-likeness (QED) is 0.204. The van der Waals surface area contributed by atoms with Crippen molar-refractivity contribution in [3.63, 3.8) is 0 Å². The molecule has 1 spiro atoms. The van der Waals surface area contributed by atoms with Gasteiger partial charge in [0.2, 0.25) is 11.8 Å². The van der Waals surface area contributed by atoms with Crippen LogP contribution in [0.5, 0.6) is 0 Å². The number of para-hydroxylation sites is 2. The fraction of sp³-hybridized carbons (Fsp3) is 0.811. The predicted molar refractivity (Wildman–Crippen MR) is 391 cm³/mol. The SMILES string of the molecule is C.C.C.C.C.C.CC.CC.CC.CC.CC(C)C1CCCN1.CC(C)C1CCNC1.CC(C)N1CCC(N2C(=O)Cc3ccccc32)CC1.CC(C)N1CCC2(CC1)C(=O)NCN2c1ccccc1.CC(C)N1CCCC1.CC(C)N1CCNCC1. The van der Waals surface area contributed by atoms with E-state index in [0.29, 0.717) is 31.2 Å². The largest absolute Gasteiger partial charge is 0.339 e. The molecule has 0 bridgehead atoms. The Morgan fingerprint density at radius 3 is 1.34 bits per heavy atom. The first kappa shape index (κ1) is 94.0. The van der Waals surface area contributed by atoms with Crippen LogP contribution in [0.3, 0.4) is 0 Å². The Morgan fingerprint density at radius 1 is 0.477 bits per heavy atom. The monoisotopic (exact) mass is 1220 g/mol. The molecule has 2 unspecified atom stereocenters. The molecule has 12 nitrogen and oxygen atoms in total. The van der Waals surface area contributed by atoms with E-state index < -0.39 is 0 Å². The van der Waals surface area contributed by atoms with Crippen LogP contribution in [0.4, 0.5) is 11.4 Å². The highest BCUT2D eigenvalue weighted by molar-refractivity contribution is 6.01. The Kier molecular flexibility index (Phi) is 58.7. The van der Waals surface area contributed by atoms with Crippen molar-refractivity contribution in [2.75, 3.05) is 102 Å². The van der Waals surface area contributed by atoms with E-state index >= 15 is 0 Å². The van der Waals surface area contributed by atoms with Crippen LogP contribution in [0.2, 0.25) is 0 Å². The van der Waals surface area contributed by atoms with E-state index in [9.17, 15) is 9.59 Å². The number of likely N-dealkylation sites (tertiary alicyclic amines) is 3. The van der Waals surface area contributed by atoms with Gasteiger partial charge >= 0.3 is 0 Å². The number of nitrogens with one attached hydrogen (secondary N) is 4. The molecule has 7 fully saturated rings. The average Bonchev–Trinajstić information content (AvgIpc) is 2.26. The van der Waals surface area contributed by atoms with Crippen molar-refractivity contribution in [1.82, 2.24) is 40.9 Å². The summed E-state index contributed by atoms with van der Waals surface area (Å²) in [5.41, 5.74) is 3.14. The Balaban J connectivity index is -0.000000224. The van der Waals surface area contributed by atoms with Gasteiger partial charge in [-0.2, -0.15) is 0 Å². The summed E-state index contributed by atoms with van der Waals surface area (Å²) >= 11 is 0. The maximum atomic E-state index is 12.4. The van der Waals surface area contributed by atoms with Crippen LogP contribution in [0.25, 0.3) is 0 Å². The second-order valence-corrected chi connectivity index (χ2v) is 23.7. The van der Waals surface area contributed by atoms with Crippen LogP contribution in [-0.4, -0.2) is 165 Å². The minimum atomic E-state index is -0.341. The average molecular weight is 1220 g/mol. The number of hydrogen-bond acceptors (Lipinski definition) is 10. The van der Waals surface area contributed by atoms with Gasteiger partial charge in [-0.1, -0.05) is 164 Å². The first-order valence-electron chi connectivity index (χ1n) is 33.1. The van der Waals surface area contributed by atoms with Gasteiger partial charge < -0.3 is 45.8 Å². The lowest BCUT2D eigenvalue weighted by Crippen LogP contribution is -2.57. The van der Waals surface area contributed by atoms with Gasteiger partial charge in [0.05, 0.1) is 13.1 Å². The molecule has 2 amide bonds. The van der Waals surface area contributed by atoms with Crippen molar-refractivity contribution in [1.29, 1.82) is 0 Å². The molecule has 2 aromatic carbocycles. The van der Waals surface area contributed by atoms with Crippen LogP contribution in [0.15, 0.2) is 54.6 Å². The molecule has 8 aliphatic heterocycles. The lowest BCUT2D eigenvalue weighted by molar-refractivity contribution is -0.125. The molecule has 2 atom stereocenters. The minimum Gasteiger partial charge on any atom is -0.339 e. The molecule has 8 aliphatic rings. The van der Waals surface area contributed by atoms with Crippen LogP contribution in [0.1, 0.15) is 246 Å². The lowest BCUT2D eigenvalue weighted by Gasteiger charge is -2.44. The zero-order valence-electron chi connectivity index (χ0n) is 55.9. The summed E-state index contributed by atoms with van der Waals surface area (Å²) in [6.45, 7) is 59.1. The number of anilines is 2. The van der Waals surface area contributed by atoms with Crippen molar-refractivity contribution in [3.05, 3.63) is 60.2 Å². The summed E-state index contributed by atoms with van der Waals surface area (Å²) in [4.78, 5) is 39.0. The zero-order valence-corrected chi connectivity index (χ0v) is 55.9. The van der Waals surface area contributed by atoms with Crippen LogP contribution < -0.4 is 31.1 Å². The van der Waals surface area contributed by atoms with E-state index in [1.165, 1.54) is 83.5 Å². The number of piperazine rings is 1. The topological polar surface area (TPSA) is 102 Å². The molecule has 0 saturated carbocycles. The second-order valence-electron chi connectivity index (χ2n) is 23.7. The van der Waals surface area contributed by atoms with E-state index in [2.05, 4.69) is 158 Å². The number of benzene rings is 2. The molecule has 7 saturated heterocycles. The van der Waals surface area contributed by atoms with Gasteiger partial charge in [-0.05, 0) is 187 Å². The molecular formula is C74H154N10O2. The standard InChI is InChI=1S/C16H23N3O.C16H22N2O.C7H16N2.3C7H15N.4C2H6.6CH4/c1-13(2)18-10-8-16(9-11-18)15(20)17-12-19(16)14-6-4-3-5-7-14;1-12(2)17-9-7-14(8-10-17)18-15-6-4-3-5-13(15)11-16(18)19;1-7(2)9-5-3-8-4-6-9;1-6(2)7-3-4-8-5-7;1-7(2)8-5-3-4-6-8;1-6(2)7-4-3-5-8-7;4*1-2;;;;;;/h3-7,13H,8-12H2,1-2H3,(H,17,20);3-6,12,14H,7-11H2,1-2H3;7-8H,3-6H2,1-2H3;6-8H,3-5H2,1-2H3;7H,3-6H2,1-2H3;6-8H,3-5H2,1-2H3;4*1-2H3;6*1H4. The summed E-state index contributed by atoms with van der Waals surface area (Å²) in [6.07, 6.45) is 11.6. The third kappa shape index (κ3) is 31.6. The number of fused-ring (bicyclic) bond motifs is 1. The van der Waals surface area contributed by atoms with E-state index in [4.69, 9.17) is 0 Å². The highest BCUT2D eigenvalue weighted by Crippen LogP contribution is 2.37. The molecule has 4 N–H and O–H groups in total. The summed E-state index contributed by atoms with van der Waals surface area (Å²) < 4.78 is 0. The van der Waals surface area contributed by atoms with Gasteiger partial charge in [-0.15, -0.1) is 0 Å². The molecule has 2 aromatic rings. The van der Waals surface area contributed by atoms with Crippen molar-refractivity contribution in [2.24, 2.45) is 17.8 Å². The maximum absolute atomic E-state index is 12.4. The van der Waals surface area contributed by atoms with Crippen LogP contribution in [-0.2, 0) is 16.0 Å². The first-order valence-corrected chi connectivity index (χ1v) is 33.1. The molecule has 8 heterocycles. The van der Waals surface area contributed by atoms with Gasteiger partial charge in [0.25, 0.3) is 0 Å². The fourth-order valence-electron chi connectivity index (χ4n) is 11.8. The summed E-state index contributed by atoms with van der Waals surface area (Å²) in [5.74, 6) is 3.14. The van der Waals surface area contributed by atoms with Crippen molar-refractivity contribution in [3.8, 4) is 0 Å². The lowest BCUT2D eigenvalue weighted by atomic mass is 9.85. The molecule has 86 heavy (non-hydrogen) atoms. The molecule has 12 heteroatoms. The van der Waals surface area contributed by atoms with E-state index in [1.807, 2.05) is 85.7 Å². The summed E-state index contributed by atoms with van der Waals surface area (Å²) in [6, 6.07) is 22.4. The second kappa shape index (κ2) is 53.7. The molecule has 0 radical (unpaired) electrons. The smallest absolute Gasteiger partial charge is 0.247 e. The summed E-state index contributed by atoms with van der Waals surface area (Å²) in [5, 5.41) is 13.2. The van der Waals surface area contributed by atoms with Gasteiger partial charge in [0.15, 0.2) is 0 Å². The maximum Gasteiger partial charge on any atom is 0.247 e. The number of hydrogen-bond donors (Lipinski definition) is 4. The normalized spacial score (nSPS) is 20.3. The van der Waals surface area contributed by atoms with Crippen LogP contribution in [0, 0.1) is 17.8 Å². The molecule has 10 rings (SSSR count). The third-order valence-electron chi connectivity index (χ3n) is 16.9. The first-order chi connectivity index (χ1) is 38.5. The van der Waals surface area contributed by atoms with E-state index in [1.54, 1.807) is 0 Å². The van der Waals surface area contributed by atoms with Crippen molar-refractivity contribution in [2.45, 2.75) is 289 Å². The molecule has 0 aliphatic carbocycles. The zero-order chi connectivity index (χ0) is 60.2. The number of rotatable bonds is 8. The minimum absolute atomic E-state index is 0. The molecule has 0 aromatic heterocycles. The van der Waals surface area contributed by atoms with Crippen molar-refractivity contribution < 1.29 is 9.59 Å². The highest BCUT2D eigenvalue weighted by Gasteiger charge is 2.50. The van der Waals surface area contributed by atoms with Crippen molar-refractivity contribution >= 4 is 23.2 Å². The highest BCUT2D eigenvalue weighted by atomic mass is 16.2. The van der Waals surface area contributed by atoms with Gasteiger partial charge in [-0.3, -0.25) is 14.5 Å². The van der Waals surface area contributed by atoms with E-state index in [0.717, 1.165) is 112 Å². The number of piperidine rings is 2. The Labute approximate surface area is 539 Å². The van der Waals surface area contributed by atoms with Gasteiger partial charge in [0.1, 0.15) is 5.54 Å².